The molecule has 1 N–H and O–H groups in total. The summed E-state index contributed by atoms with van der Waals surface area (Å²) >= 11 is 6.24. The Balaban J connectivity index is 1.59. The molecule has 3 heteroatoms. The number of piperidine rings is 1. The van der Waals surface area contributed by atoms with Crippen molar-refractivity contribution in [2.45, 2.75) is 38.5 Å². The Bertz CT molecular complexity index is 439. The van der Waals surface area contributed by atoms with Gasteiger partial charge in [-0.25, -0.2) is 0 Å². The lowest BCUT2D eigenvalue weighted by molar-refractivity contribution is 0.180. The third kappa shape index (κ3) is 3.89. The second kappa shape index (κ2) is 6.82. The van der Waals surface area contributed by atoms with Gasteiger partial charge in [-0.15, -0.1) is 0 Å². The van der Waals surface area contributed by atoms with Crippen LogP contribution in [0.1, 0.15) is 37.7 Å². The zero-order valence-corrected chi connectivity index (χ0v) is 12.8. The van der Waals surface area contributed by atoms with Crippen molar-refractivity contribution in [3.8, 4) is 5.75 Å². The van der Waals surface area contributed by atoms with Gasteiger partial charge in [-0.05, 0) is 80.8 Å². The van der Waals surface area contributed by atoms with Crippen molar-refractivity contribution >= 4 is 11.6 Å². The highest BCUT2D eigenvalue weighted by atomic mass is 35.5. The minimum absolute atomic E-state index is 0.738. The Morgan fingerprint density at radius 1 is 1.10 bits per heavy atom. The van der Waals surface area contributed by atoms with Crippen molar-refractivity contribution in [3.63, 3.8) is 0 Å². The molecule has 2 fully saturated rings. The Morgan fingerprint density at radius 2 is 1.95 bits per heavy atom. The lowest BCUT2D eigenvalue weighted by Crippen LogP contribution is -2.30. The molecule has 1 saturated carbocycles. The number of rotatable bonds is 5. The summed E-state index contributed by atoms with van der Waals surface area (Å²) in [5.41, 5.74) is 1.31. The van der Waals surface area contributed by atoms with Crippen LogP contribution in [0.15, 0.2) is 18.2 Å². The fourth-order valence-electron chi connectivity index (χ4n) is 3.13. The third-order valence-corrected chi connectivity index (χ3v) is 4.78. The highest BCUT2D eigenvalue weighted by Crippen LogP contribution is 2.29. The van der Waals surface area contributed by atoms with Crippen LogP contribution in [-0.4, -0.2) is 19.7 Å². The molecule has 0 bridgehead atoms. The van der Waals surface area contributed by atoms with Crippen LogP contribution in [0, 0.1) is 11.8 Å². The molecule has 2 nitrogen and oxygen atoms in total. The van der Waals surface area contributed by atoms with E-state index in [0.717, 1.165) is 42.2 Å². The Kier molecular flexibility index (Phi) is 4.85. The van der Waals surface area contributed by atoms with Crippen LogP contribution in [0.4, 0.5) is 0 Å². The molecule has 0 radical (unpaired) electrons. The molecule has 1 aromatic carbocycles. The van der Waals surface area contributed by atoms with Crippen molar-refractivity contribution in [3.05, 3.63) is 28.8 Å². The molecule has 1 saturated heterocycles. The topological polar surface area (TPSA) is 21.3 Å². The van der Waals surface area contributed by atoms with Gasteiger partial charge in [0.05, 0.1) is 6.61 Å². The lowest BCUT2D eigenvalue weighted by Gasteiger charge is -2.25. The van der Waals surface area contributed by atoms with Crippen molar-refractivity contribution in [2.75, 3.05) is 19.7 Å². The molecule has 2 aliphatic rings. The minimum atomic E-state index is 0.738. The van der Waals surface area contributed by atoms with Crippen LogP contribution in [0.3, 0.4) is 0 Å². The summed E-state index contributed by atoms with van der Waals surface area (Å²) in [7, 11) is 0. The van der Waals surface area contributed by atoms with E-state index < -0.39 is 0 Å². The second-order valence-corrected chi connectivity index (χ2v) is 6.76. The van der Waals surface area contributed by atoms with Crippen LogP contribution >= 0.6 is 11.6 Å². The van der Waals surface area contributed by atoms with Gasteiger partial charge in [0.1, 0.15) is 5.75 Å². The molecule has 1 aliphatic heterocycles. The minimum Gasteiger partial charge on any atom is -0.493 e. The second-order valence-electron chi connectivity index (χ2n) is 6.32. The van der Waals surface area contributed by atoms with E-state index in [1.165, 1.54) is 44.2 Å². The first-order chi connectivity index (χ1) is 9.79. The zero-order valence-electron chi connectivity index (χ0n) is 12.0. The zero-order chi connectivity index (χ0) is 13.8. The standard InChI is InChI=1S/C17H24ClNO/c18-16-8-15(7-14-5-2-6-19-11-14)9-17(10-16)20-12-13-3-1-4-13/h8-10,13-14,19H,1-7,11-12H2. The number of hydrogen-bond acceptors (Lipinski definition) is 2. The number of benzene rings is 1. The molecule has 20 heavy (non-hydrogen) atoms. The third-order valence-electron chi connectivity index (χ3n) is 4.56. The van der Waals surface area contributed by atoms with E-state index in [-0.39, 0.29) is 0 Å². The normalized spacial score (nSPS) is 23.4. The smallest absolute Gasteiger partial charge is 0.121 e. The Morgan fingerprint density at radius 3 is 2.65 bits per heavy atom. The monoisotopic (exact) mass is 293 g/mol. The maximum absolute atomic E-state index is 6.24. The lowest BCUT2D eigenvalue weighted by atomic mass is 9.86. The van der Waals surface area contributed by atoms with Gasteiger partial charge >= 0.3 is 0 Å². The number of ether oxygens (including phenoxy) is 1. The summed E-state index contributed by atoms with van der Waals surface area (Å²) in [6.07, 6.45) is 7.72. The highest BCUT2D eigenvalue weighted by molar-refractivity contribution is 6.30. The molecule has 0 amide bonds. The molecule has 110 valence electrons. The van der Waals surface area contributed by atoms with Crippen LogP contribution in [0.2, 0.25) is 5.02 Å². The SMILES string of the molecule is Clc1cc(CC2CCCNC2)cc(OCC2CCC2)c1. The molecule has 1 aliphatic carbocycles. The Hall–Kier alpha value is -0.730. The average Bonchev–Trinajstić information content (AvgIpc) is 2.37. The summed E-state index contributed by atoms with van der Waals surface area (Å²) in [6, 6.07) is 6.22. The molecule has 1 unspecified atom stereocenters. The maximum Gasteiger partial charge on any atom is 0.121 e. The highest BCUT2D eigenvalue weighted by Gasteiger charge is 2.18. The van der Waals surface area contributed by atoms with Gasteiger partial charge in [-0.2, -0.15) is 0 Å². The molecule has 0 spiro atoms. The van der Waals surface area contributed by atoms with Gasteiger partial charge in [0.25, 0.3) is 0 Å². The first kappa shape index (κ1) is 14.2. The molecule has 3 rings (SSSR count). The van der Waals surface area contributed by atoms with Gasteiger partial charge in [0, 0.05) is 5.02 Å². The van der Waals surface area contributed by atoms with Crippen LogP contribution in [0.25, 0.3) is 0 Å². The van der Waals surface area contributed by atoms with E-state index in [4.69, 9.17) is 16.3 Å². The van der Waals surface area contributed by atoms with Gasteiger partial charge in [0.2, 0.25) is 0 Å². The van der Waals surface area contributed by atoms with E-state index >= 15 is 0 Å². The summed E-state index contributed by atoms with van der Waals surface area (Å²) in [6.45, 7) is 3.15. The van der Waals surface area contributed by atoms with Gasteiger partial charge in [-0.3, -0.25) is 0 Å². The summed E-state index contributed by atoms with van der Waals surface area (Å²) in [5.74, 6) is 2.45. The average molecular weight is 294 g/mol. The maximum atomic E-state index is 6.24. The fraction of sp³-hybridized carbons (Fsp3) is 0.647. The van der Waals surface area contributed by atoms with E-state index in [2.05, 4.69) is 17.4 Å². The molecular formula is C17H24ClNO. The molecule has 1 heterocycles. The Labute approximate surface area is 126 Å². The van der Waals surface area contributed by atoms with Crippen molar-refractivity contribution in [1.82, 2.24) is 5.32 Å². The first-order valence-corrected chi connectivity index (χ1v) is 8.30. The van der Waals surface area contributed by atoms with Crippen molar-refractivity contribution in [1.29, 1.82) is 0 Å². The molecular weight excluding hydrogens is 270 g/mol. The number of halogens is 1. The van der Waals surface area contributed by atoms with Crippen LogP contribution in [0.5, 0.6) is 5.75 Å². The number of nitrogens with one attached hydrogen (secondary N) is 1. The predicted octanol–water partition coefficient (Wildman–Crippen LogP) is 4.06. The largest absolute Gasteiger partial charge is 0.493 e. The van der Waals surface area contributed by atoms with E-state index in [0.29, 0.717) is 0 Å². The van der Waals surface area contributed by atoms with Gasteiger partial charge < -0.3 is 10.1 Å². The van der Waals surface area contributed by atoms with E-state index in [9.17, 15) is 0 Å². The molecule has 0 aromatic heterocycles. The van der Waals surface area contributed by atoms with E-state index in [1.807, 2.05) is 6.07 Å². The van der Waals surface area contributed by atoms with E-state index in [1.54, 1.807) is 0 Å². The fourth-order valence-corrected chi connectivity index (χ4v) is 3.37. The van der Waals surface area contributed by atoms with Gasteiger partial charge in [0.15, 0.2) is 0 Å². The summed E-state index contributed by atoms with van der Waals surface area (Å²) < 4.78 is 5.92. The predicted molar refractivity (Wildman–Crippen MR) is 83.6 cm³/mol. The van der Waals surface area contributed by atoms with Crippen molar-refractivity contribution in [2.24, 2.45) is 11.8 Å². The van der Waals surface area contributed by atoms with Gasteiger partial charge in [-0.1, -0.05) is 18.0 Å². The summed E-state index contributed by atoms with van der Waals surface area (Å²) in [4.78, 5) is 0. The summed E-state index contributed by atoms with van der Waals surface area (Å²) in [5, 5.41) is 4.28. The number of hydrogen-bond donors (Lipinski definition) is 1. The molecule has 1 aromatic rings. The quantitative estimate of drug-likeness (QED) is 0.884. The van der Waals surface area contributed by atoms with Crippen molar-refractivity contribution < 1.29 is 4.74 Å². The first-order valence-electron chi connectivity index (χ1n) is 7.92. The van der Waals surface area contributed by atoms with Crippen LogP contribution in [-0.2, 0) is 6.42 Å². The van der Waals surface area contributed by atoms with Crippen LogP contribution < -0.4 is 10.1 Å². The molecule has 1 atom stereocenters.